The number of carbonyl (C=O) groups is 2. The van der Waals surface area contributed by atoms with Gasteiger partial charge in [-0.2, -0.15) is 0 Å². The van der Waals surface area contributed by atoms with Gasteiger partial charge in [0.15, 0.2) is 0 Å². The van der Waals surface area contributed by atoms with E-state index in [0.717, 1.165) is 0 Å². The predicted octanol–water partition coefficient (Wildman–Crippen LogP) is 1.52. The molecule has 2 atom stereocenters. The van der Waals surface area contributed by atoms with Gasteiger partial charge in [-0.25, -0.2) is 4.79 Å². The highest BCUT2D eigenvalue weighted by Gasteiger charge is 2.15. The molecule has 5 nitrogen and oxygen atoms in total. The van der Waals surface area contributed by atoms with Crippen LogP contribution in [0.1, 0.15) is 26.7 Å². The Morgan fingerprint density at radius 1 is 1.39 bits per heavy atom. The molecule has 0 aliphatic rings. The van der Waals surface area contributed by atoms with Crippen molar-refractivity contribution in [2.75, 3.05) is 7.11 Å². The molecular formula is C13H20O5. The number of methoxy groups -OCH3 is 1. The second kappa shape index (κ2) is 8.47. The molecule has 0 aromatic carbocycles. The zero-order valence-corrected chi connectivity index (χ0v) is 10.9. The van der Waals surface area contributed by atoms with Crippen LogP contribution in [0.2, 0.25) is 0 Å². The molecule has 0 aliphatic carbocycles. The van der Waals surface area contributed by atoms with E-state index in [0.29, 0.717) is 12.0 Å². The number of esters is 1. The highest BCUT2D eigenvalue weighted by atomic mass is 16.5. The van der Waals surface area contributed by atoms with Crippen molar-refractivity contribution >= 4 is 11.9 Å². The number of aliphatic carboxylic acids is 1. The highest BCUT2D eigenvalue weighted by Crippen LogP contribution is 2.12. The van der Waals surface area contributed by atoms with Crippen LogP contribution in [0.3, 0.4) is 0 Å². The normalized spacial score (nSPS) is 15.4. The summed E-state index contributed by atoms with van der Waals surface area (Å²) in [6.45, 7) is 3.41. The molecule has 0 saturated heterocycles. The van der Waals surface area contributed by atoms with Crippen molar-refractivity contribution in [1.82, 2.24) is 0 Å². The van der Waals surface area contributed by atoms with Gasteiger partial charge in [0.25, 0.3) is 0 Å². The van der Waals surface area contributed by atoms with Crippen molar-refractivity contribution in [3.05, 3.63) is 23.8 Å². The summed E-state index contributed by atoms with van der Waals surface area (Å²) < 4.78 is 4.53. The van der Waals surface area contributed by atoms with Crippen LogP contribution in [0.15, 0.2) is 23.8 Å². The number of carbonyl (C=O) groups excluding carboxylic acids is 1. The van der Waals surface area contributed by atoms with Crippen LogP contribution in [0.4, 0.5) is 0 Å². The van der Waals surface area contributed by atoms with E-state index in [1.54, 1.807) is 32.1 Å². The van der Waals surface area contributed by atoms with Gasteiger partial charge in [0.2, 0.25) is 0 Å². The van der Waals surface area contributed by atoms with Crippen molar-refractivity contribution < 1.29 is 24.5 Å². The average molecular weight is 256 g/mol. The van der Waals surface area contributed by atoms with Crippen LogP contribution >= 0.6 is 0 Å². The van der Waals surface area contributed by atoms with Crippen molar-refractivity contribution in [1.29, 1.82) is 0 Å². The van der Waals surface area contributed by atoms with Crippen LogP contribution in [0, 0.1) is 5.92 Å². The van der Waals surface area contributed by atoms with Gasteiger partial charge in [-0.15, -0.1) is 0 Å². The van der Waals surface area contributed by atoms with Gasteiger partial charge in [0.05, 0.1) is 19.6 Å². The fourth-order valence-electron chi connectivity index (χ4n) is 1.27. The first kappa shape index (κ1) is 16.4. The Balaban J connectivity index is 4.16. The molecule has 0 saturated carbocycles. The lowest BCUT2D eigenvalue weighted by atomic mass is 9.98. The Kier molecular flexibility index (Phi) is 7.71. The first-order valence-corrected chi connectivity index (χ1v) is 5.70. The number of carboxylic acid groups (broad SMARTS) is 1. The number of rotatable bonds is 7. The molecule has 0 aromatic rings. The van der Waals surface area contributed by atoms with Crippen LogP contribution in [0.25, 0.3) is 0 Å². The molecule has 0 unspecified atom stereocenters. The first-order chi connectivity index (χ1) is 8.38. The number of hydrogen-bond acceptors (Lipinski definition) is 4. The lowest BCUT2D eigenvalue weighted by molar-refractivity contribution is -0.140. The van der Waals surface area contributed by atoms with Crippen LogP contribution in [0.5, 0.6) is 0 Å². The Hall–Kier alpha value is -1.62. The molecule has 102 valence electrons. The Morgan fingerprint density at radius 2 is 2.00 bits per heavy atom. The predicted molar refractivity (Wildman–Crippen MR) is 67.0 cm³/mol. The van der Waals surface area contributed by atoms with Crippen molar-refractivity contribution in [3.8, 4) is 0 Å². The summed E-state index contributed by atoms with van der Waals surface area (Å²) in [5.74, 6) is -1.55. The first-order valence-electron chi connectivity index (χ1n) is 5.70. The van der Waals surface area contributed by atoms with Gasteiger partial charge >= 0.3 is 11.9 Å². The third-order valence-corrected chi connectivity index (χ3v) is 2.54. The molecule has 0 heterocycles. The third-order valence-electron chi connectivity index (χ3n) is 2.54. The highest BCUT2D eigenvalue weighted by molar-refractivity contribution is 5.87. The van der Waals surface area contributed by atoms with E-state index >= 15 is 0 Å². The van der Waals surface area contributed by atoms with Gasteiger partial charge in [-0.1, -0.05) is 25.2 Å². The van der Waals surface area contributed by atoms with E-state index in [4.69, 9.17) is 5.11 Å². The summed E-state index contributed by atoms with van der Waals surface area (Å²) in [6.07, 6.45) is 4.50. The van der Waals surface area contributed by atoms with E-state index in [-0.39, 0.29) is 12.3 Å². The molecule has 0 aromatic heterocycles. The zero-order chi connectivity index (χ0) is 14.1. The molecule has 0 radical (unpaired) electrons. The fourth-order valence-corrected chi connectivity index (χ4v) is 1.27. The van der Waals surface area contributed by atoms with E-state index in [2.05, 4.69) is 4.74 Å². The van der Waals surface area contributed by atoms with Crippen LogP contribution in [-0.4, -0.2) is 35.4 Å². The largest absolute Gasteiger partial charge is 0.481 e. The van der Waals surface area contributed by atoms with E-state index in [1.165, 1.54) is 7.11 Å². The minimum absolute atomic E-state index is 0.149. The fraction of sp³-hybridized carbons (Fsp3) is 0.538. The maximum atomic E-state index is 11.0. The maximum Gasteiger partial charge on any atom is 0.333 e. The van der Waals surface area contributed by atoms with Gasteiger partial charge in [-0.3, -0.25) is 4.79 Å². The number of aliphatic hydroxyl groups excluding tert-OH is 1. The minimum Gasteiger partial charge on any atom is -0.481 e. The van der Waals surface area contributed by atoms with Gasteiger partial charge < -0.3 is 14.9 Å². The molecule has 18 heavy (non-hydrogen) atoms. The van der Waals surface area contributed by atoms with Gasteiger partial charge in [0, 0.05) is 5.57 Å². The lowest BCUT2D eigenvalue weighted by Crippen LogP contribution is -2.20. The van der Waals surface area contributed by atoms with Crippen molar-refractivity contribution in [3.63, 3.8) is 0 Å². The summed E-state index contributed by atoms with van der Waals surface area (Å²) in [6, 6.07) is 0. The standard InChI is InChI=1S/C13H20O5/c1-9(11(14)8-12(15)16)6-4-5-7-10(2)13(17)18-3/h4-5,7,9,11,14H,6,8H2,1-3H3,(H,15,16)/b5-4+,10-7+/t9-,11-/m0/s1. The Labute approximate surface area is 107 Å². The van der Waals surface area contributed by atoms with E-state index < -0.39 is 18.0 Å². The molecule has 5 heteroatoms. The maximum absolute atomic E-state index is 11.0. The summed E-state index contributed by atoms with van der Waals surface area (Å²) >= 11 is 0. The number of ether oxygens (including phenoxy) is 1. The summed E-state index contributed by atoms with van der Waals surface area (Å²) in [7, 11) is 1.31. The second-order valence-corrected chi connectivity index (χ2v) is 4.15. The van der Waals surface area contributed by atoms with Crippen LogP contribution in [-0.2, 0) is 14.3 Å². The van der Waals surface area contributed by atoms with E-state index in [1.807, 2.05) is 0 Å². The quantitative estimate of drug-likeness (QED) is 0.410. The summed E-state index contributed by atoms with van der Waals surface area (Å²) in [4.78, 5) is 21.4. The smallest absolute Gasteiger partial charge is 0.333 e. The molecule has 0 spiro atoms. The Morgan fingerprint density at radius 3 is 2.50 bits per heavy atom. The zero-order valence-electron chi connectivity index (χ0n) is 10.9. The molecule has 2 N–H and O–H groups in total. The summed E-state index contributed by atoms with van der Waals surface area (Å²) in [5.41, 5.74) is 0.479. The molecule has 0 rings (SSSR count). The number of aliphatic hydroxyl groups is 1. The molecule has 0 aliphatic heterocycles. The van der Waals surface area contributed by atoms with Crippen molar-refractivity contribution in [2.45, 2.75) is 32.8 Å². The minimum atomic E-state index is -1.01. The second-order valence-electron chi connectivity index (χ2n) is 4.15. The molecule has 0 amide bonds. The topological polar surface area (TPSA) is 83.8 Å². The van der Waals surface area contributed by atoms with Crippen LogP contribution < -0.4 is 0 Å². The Bertz CT molecular complexity index is 343. The third kappa shape index (κ3) is 6.85. The monoisotopic (exact) mass is 256 g/mol. The van der Waals surface area contributed by atoms with Gasteiger partial charge in [-0.05, 0) is 19.3 Å². The summed E-state index contributed by atoms with van der Waals surface area (Å²) in [5, 5.41) is 18.0. The number of carboxylic acids is 1. The van der Waals surface area contributed by atoms with Crippen molar-refractivity contribution in [2.24, 2.45) is 5.92 Å². The SMILES string of the molecule is COC(=O)/C(C)=C/C=C/C[C@H](C)[C@@H](O)CC(=O)O. The molecular weight excluding hydrogens is 236 g/mol. The molecule has 0 bridgehead atoms. The molecule has 0 fully saturated rings. The van der Waals surface area contributed by atoms with Gasteiger partial charge in [0.1, 0.15) is 0 Å². The van der Waals surface area contributed by atoms with E-state index in [9.17, 15) is 14.7 Å². The number of allylic oxidation sites excluding steroid dienone is 3. The number of hydrogen-bond donors (Lipinski definition) is 2. The average Bonchev–Trinajstić information content (AvgIpc) is 2.31. The lowest BCUT2D eigenvalue weighted by Gasteiger charge is -2.14.